The number of rotatable bonds is 9. The number of aliphatic carboxylic acids is 1. The predicted octanol–water partition coefficient (Wildman–Crippen LogP) is 2.79. The predicted molar refractivity (Wildman–Crippen MR) is 94.3 cm³/mol. The zero-order valence-electron chi connectivity index (χ0n) is 13.5. The molecule has 0 spiro atoms. The topological polar surface area (TPSA) is 92.9 Å². The molecule has 1 unspecified atom stereocenters. The van der Waals surface area contributed by atoms with Gasteiger partial charge in [-0.25, -0.2) is 4.79 Å². The second-order valence-electron chi connectivity index (χ2n) is 5.28. The molecule has 0 saturated heterocycles. The number of nitrogens with two attached hydrogens (primary N) is 1. The van der Waals surface area contributed by atoms with Gasteiger partial charge in [-0.15, -0.1) is 23.2 Å². The van der Waals surface area contributed by atoms with E-state index in [2.05, 4.69) is 0 Å². The van der Waals surface area contributed by atoms with Crippen LogP contribution in [-0.4, -0.2) is 53.5 Å². The van der Waals surface area contributed by atoms with E-state index in [9.17, 15) is 9.59 Å². The molecule has 0 aliphatic carbocycles. The van der Waals surface area contributed by atoms with Crippen LogP contribution in [0, 0.1) is 6.92 Å². The first-order chi connectivity index (χ1) is 11.4. The second-order valence-corrected chi connectivity index (χ2v) is 6.04. The Bertz CT molecular complexity index is 563. The molecule has 0 saturated carbocycles. The molecule has 0 bridgehead atoms. The zero-order chi connectivity index (χ0) is 18.1. The van der Waals surface area contributed by atoms with E-state index in [0.29, 0.717) is 18.8 Å². The third kappa shape index (κ3) is 6.19. The Kier molecular flexibility index (Phi) is 8.89. The lowest BCUT2D eigenvalue weighted by Crippen LogP contribution is -2.36. The van der Waals surface area contributed by atoms with Gasteiger partial charge in [0.15, 0.2) is 0 Å². The number of aryl methyl sites for hydroxylation is 1. The smallest absolute Gasteiger partial charge is 0.415 e. The van der Waals surface area contributed by atoms with Crippen LogP contribution in [0.4, 0.5) is 4.79 Å². The molecule has 3 N–H and O–H groups in total. The highest BCUT2D eigenvalue weighted by molar-refractivity contribution is 6.18. The molecular formula is C16H22Cl2N2O4. The number of benzene rings is 1. The minimum Gasteiger partial charge on any atom is -0.481 e. The molecule has 1 aromatic rings. The minimum atomic E-state index is -0.928. The highest BCUT2D eigenvalue weighted by Crippen LogP contribution is 2.27. The third-order valence-electron chi connectivity index (χ3n) is 3.57. The highest BCUT2D eigenvalue weighted by Gasteiger charge is 2.19. The number of hydrogen-bond donors (Lipinski definition) is 2. The van der Waals surface area contributed by atoms with Crippen molar-refractivity contribution in [3.05, 3.63) is 29.3 Å². The number of alkyl halides is 2. The Morgan fingerprint density at radius 1 is 1.29 bits per heavy atom. The summed E-state index contributed by atoms with van der Waals surface area (Å²) in [6.07, 6.45) is -0.632. The van der Waals surface area contributed by atoms with Crippen LogP contribution in [0.3, 0.4) is 0 Å². The molecule has 1 atom stereocenters. The normalized spacial score (nSPS) is 11.8. The van der Waals surface area contributed by atoms with Crippen molar-refractivity contribution in [1.82, 2.24) is 4.90 Å². The maximum absolute atomic E-state index is 12.2. The summed E-state index contributed by atoms with van der Waals surface area (Å²) in [7, 11) is 0. The van der Waals surface area contributed by atoms with Crippen molar-refractivity contribution in [2.45, 2.75) is 19.3 Å². The molecule has 0 radical (unpaired) electrons. The fraction of sp³-hybridized carbons (Fsp3) is 0.500. The number of carboxylic acids is 1. The summed E-state index contributed by atoms with van der Waals surface area (Å²) < 4.78 is 5.36. The van der Waals surface area contributed by atoms with Gasteiger partial charge >= 0.3 is 12.1 Å². The van der Waals surface area contributed by atoms with Gasteiger partial charge in [0.25, 0.3) is 0 Å². The van der Waals surface area contributed by atoms with Crippen LogP contribution < -0.4 is 10.5 Å². The summed E-state index contributed by atoms with van der Waals surface area (Å²) in [5.41, 5.74) is 7.34. The molecule has 6 nitrogen and oxygen atoms in total. The average molecular weight is 377 g/mol. The summed E-state index contributed by atoms with van der Waals surface area (Å²) in [6, 6.07) is 5.09. The van der Waals surface area contributed by atoms with Crippen LogP contribution in [0.25, 0.3) is 0 Å². The number of carbonyl (C=O) groups excluding carboxylic acids is 1. The summed E-state index contributed by atoms with van der Waals surface area (Å²) in [5.74, 6) is -0.387. The Morgan fingerprint density at radius 3 is 2.42 bits per heavy atom. The van der Waals surface area contributed by atoms with Crippen LogP contribution in [-0.2, 0) is 4.79 Å². The molecule has 1 rings (SSSR count). The first-order valence-corrected chi connectivity index (χ1v) is 8.60. The molecule has 8 heteroatoms. The standard InChI is InChI=1S/C16H22Cl2N2O4/c1-11-2-3-13(9-14(11)12(10-19)8-15(21)22)24-16(23)20(6-4-17)7-5-18/h2-3,9,12H,4-8,10,19H2,1H3,(H,21,22). The van der Waals surface area contributed by atoms with Crippen molar-refractivity contribution >= 4 is 35.3 Å². The first kappa shape index (κ1) is 20.5. The Hall–Kier alpha value is -1.50. The van der Waals surface area contributed by atoms with Gasteiger partial charge in [-0.3, -0.25) is 4.79 Å². The van der Waals surface area contributed by atoms with Crippen molar-refractivity contribution < 1.29 is 19.4 Å². The van der Waals surface area contributed by atoms with Crippen molar-refractivity contribution in [3.8, 4) is 5.75 Å². The molecule has 0 heterocycles. The summed E-state index contributed by atoms with van der Waals surface area (Å²) in [6.45, 7) is 2.71. The number of halogens is 2. The van der Waals surface area contributed by atoms with E-state index < -0.39 is 12.1 Å². The molecule has 0 aromatic heterocycles. The number of nitrogens with zero attached hydrogens (tertiary/aromatic N) is 1. The van der Waals surface area contributed by atoms with E-state index in [-0.39, 0.29) is 30.6 Å². The molecule has 0 aliphatic heterocycles. The van der Waals surface area contributed by atoms with Gasteiger partial charge in [-0.05, 0) is 36.7 Å². The number of hydrogen-bond acceptors (Lipinski definition) is 4. The maximum atomic E-state index is 12.2. The number of carboxylic acid groups (broad SMARTS) is 1. The van der Waals surface area contributed by atoms with Crippen LogP contribution in [0.5, 0.6) is 5.75 Å². The Labute approximate surface area is 151 Å². The zero-order valence-corrected chi connectivity index (χ0v) is 15.0. The lowest BCUT2D eigenvalue weighted by molar-refractivity contribution is -0.137. The summed E-state index contributed by atoms with van der Waals surface area (Å²) >= 11 is 11.3. The van der Waals surface area contributed by atoms with Gasteiger partial charge in [0.05, 0.1) is 6.42 Å². The van der Waals surface area contributed by atoms with E-state index in [0.717, 1.165) is 11.1 Å². The molecule has 24 heavy (non-hydrogen) atoms. The van der Waals surface area contributed by atoms with Crippen LogP contribution in [0.1, 0.15) is 23.5 Å². The Balaban J connectivity index is 2.95. The lowest BCUT2D eigenvalue weighted by Gasteiger charge is -2.21. The van der Waals surface area contributed by atoms with Crippen LogP contribution in [0.2, 0.25) is 0 Å². The first-order valence-electron chi connectivity index (χ1n) is 7.54. The van der Waals surface area contributed by atoms with E-state index in [1.165, 1.54) is 4.90 Å². The van der Waals surface area contributed by atoms with E-state index in [1.54, 1.807) is 18.2 Å². The van der Waals surface area contributed by atoms with Gasteiger partial charge in [0, 0.05) is 30.8 Å². The van der Waals surface area contributed by atoms with Crippen molar-refractivity contribution in [1.29, 1.82) is 0 Å². The van der Waals surface area contributed by atoms with Crippen molar-refractivity contribution in [2.24, 2.45) is 5.73 Å². The van der Waals surface area contributed by atoms with Gasteiger partial charge in [-0.1, -0.05) is 6.07 Å². The van der Waals surface area contributed by atoms with E-state index >= 15 is 0 Å². The van der Waals surface area contributed by atoms with E-state index in [4.69, 9.17) is 38.8 Å². The lowest BCUT2D eigenvalue weighted by atomic mass is 9.92. The number of ether oxygens (including phenoxy) is 1. The van der Waals surface area contributed by atoms with Crippen molar-refractivity contribution in [2.75, 3.05) is 31.4 Å². The maximum Gasteiger partial charge on any atom is 0.415 e. The molecular weight excluding hydrogens is 355 g/mol. The minimum absolute atomic E-state index is 0.0840. The summed E-state index contributed by atoms with van der Waals surface area (Å²) in [5, 5.41) is 9.00. The summed E-state index contributed by atoms with van der Waals surface area (Å²) in [4.78, 5) is 24.6. The van der Waals surface area contributed by atoms with Crippen LogP contribution >= 0.6 is 23.2 Å². The van der Waals surface area contributed by atoms with Gasteiger partial charge < -0.3 is 20.5 Å². The second kappa shape index (κ2) is 10.4. The molecule has 1 amide bonds. The molecule has 1 aromatic carbocycles. The van der Waals surface area contributed by atoms with Crippen molar-refractivity contribution in [3.63, 3.8) is 0 Å². The van der Waals surface area contributed by atoms with Gasteiger partial charge in [0.1, 0.15) is 5.75 Å². The quantitative estimate of drug-likeness (QED) is 0.646. The van der Waals surface area contributed by atoms with Gasteiger partial charge in [-0.2, -0.15) is 0 Å². The molecule has 0 aliphatic rings. The monoisotopic (exact) mass is 376 g/mol. The van der Waals surface area contributed by atoms with Crippen LogP contribution in [0.15, 0.2) is 18.2 Å². The van der Waals surface area contributed by atoms with E-state index in [1.807, 2.05) is 6.92 Å². The molecule has 134 valence electrons. The number of carbonyl (C=O) groups is 2. The van der Waals surface area contributed by atoms with Gasteiger partial charge in [0.2, 0.25) is 0 Å². The fourth-order valence-corrected chi connectivity index (χ4v) is 2.72. The molecule has 0 fully saturated rings. The largest absolute Gasteiger partial charge is 0.481 e. The fourth-order valence-electron chi connectivity index (χ4n) is 2.32. The Morgan fingerprint density at radius 2 is 1.92 bits per heavy atom. The third-order valence-corrected chi connectivity index (χ3v) is 3.91. The number of amides is 1. The highest BCUT2D eigenvalue weighted by atomic mass is 35.5. The SMILES string of the molecule is Cc1ccc(OC(=O)N(CCCl)CCCl)cc1C(CN)CC(=O)O. The average Bonchev–Trinajstić information content (AvgIpc) is 2.54.